The summed E-state index contributed by atoms with van der Waals surface area (Å²) in [5.74, 6) is -0.767. The van der Waals surface area contributed by atoms with E-state index in [0.717, 1.165) is 12.1 Å². The Labute approximate surface area is 162 Å². The van der Waals surface area contributed by atoms with Crippen molar-refractivity contribution in [2.45, 2.75) is 18.9 Å². The number of hydrogen-bond acceptors (Lipinski definition) is 5. The summed E-state index contributed by atoms with van der Waals surface area (Å²) in [6.07, 6.45) is 1.48. The topological polar surface area (TPSA) is 129 Å². The molecule has 8 heteroatoms. The first-order valence-electron chi connectivity index (χ1n) is 8.90. The number of nitrogen functional groups attached to an aromatic ring is 1. The van der Waals surface area contributed by atoms with Crippen molar-refractivity contribution in [1.29, 1.82) is 5.41 Å². The Bertz CT molecular complexity index is 882. The largest absolute Gasteiger partial charge is 0.484 e. The van der Waals surface area contributed by atoms with Gasteiger partial charge in [-0.2, -0.15) is 0 Å². The summed E-state index contributed by atoms with van der Waals surface area (Å²) in [5.41, 5.74) is 7.38. The van der Waals surface area contributed by atoms with Crippen molar-refractivity contribution in [2.24, 2.45) is 5.73 Å². The highest BCUT2D eigenvalue weighted by molar-refractivity contribution is 5.95. The fraction of sp³-hybridized carbons (Fsp3) is 0.250. The highest BCUT2D eigenvalue weighted by Gasteiger charge is 2.30. The van der Waals surface area contributed by atoms with Crippen molar-refractivity contribution in [2.75, 3.05) is 23.4 Å². The van der Waals surface area contributed by atoms with Crippen LogP contribution in [0.15, 0.2) is 48.5 Å². The lowest BCUT2D eigenvalue weighted by molar-refractivity contribution is -0.138. The zero-order chi connectivity index (χ0) is 20.1. The van der Waals surface area contributed by atoms with Gasteiger partial charge in [0.05, 0.1) is 0 Å². The molecule has 1 atom stereocenters. The molecule has 1 saturated heterocycles. The number of anilines is 2. The van der Waals surface area contributed by atoms with Crippen molar-refractivity contribution < 1.29 is 19.4 Å². The smallest absolute Gasteiger partial charge is 0.326 e. The Balaban J connectivity index is 1.55. The lowest BCUT2D eigenvalue weighted by Crippen LogP contribution is -2.35. The number of amidine groups is 1. The summed E-state index contributed by atoms with van der Waals surface area (Å²) in [7, 11) is 0. The van der Waals surface area contributed by atoms with E-state index in [1.54, 1.807) is 48.5 Å². The number of amides is 1. The number of nitrogens with two attached hydrogens (primary N) is 1. The molecule has 146 valence electrons. The van der Waals surface area contributed by atoms with Crippen LogP contribution in [0.5, 0.6) is 5.75 Å². The van der Waals surface area contributed by atoms with Crippen LogP contribution in [0.25, 0.3) is 0 Å². The maximum atomic E-state index is 12.1. The zero-order valence-electron chi connectivity index (χ0n) is 15.2. The van der Waals surface area contributed by atoms with Gasteiger partial charge in [0.15, 0.2) is 6.61 Å². The molecule has 1 aliphatic heterocycles. The van der Waals surface area contributed by atoms with Crippen LogP contribution in [0.2, 0.25) is 0 Å². The van der Waals surface area contributed by atoms with Crippen LogP contribution in [0.4, 0.5) is 11.4 Å². The zero-order valence-corrected chi connectivity index (χ0v) is 15.2. The number of carbonyl (C=O) groups excluding carboxylic acids is 1. The number of rotatable bonds is 7. The normalized spacial score (nSPS) is 15.9. The molecule has 3 rings (SSSR count). The summed E-state index contributed by atoms with van der Waals surface area (Å²) in [5, 5.41) is 19.4. The Morgan fingerprint density at radius 1 is 1.25 bits per heavy atom. The first kappa shape index (κ1) is 19.2. The quantitative estimate of drug-likeness (QED) is 0.428. The van der Waals surface area contributed by atoms with E-state index in [-0.39, 0.29) is 18.3 Å². The molecule has 28 heavy (non-hydrogen) atoms. The minimum absolute atomic E-state index is 0.0712. The van der Waals surface area contributed by atoms with Gasteiger partial charge in [-0.05, 0) is 49.2 Å². The lowest BCUT2D eigenvalue weighted by Gasteiger charge is -2.23. The number of carbonyl (C=O) groups is 2. The fourth-order valence-electron chi connectivity index (χ4n) is 3.17. The molecule has 2 aromatic rings. The highest BCUT2D eigenvalue weighted by Crippen LogP contribution is 2.27. The van der Waals surface area contributed by atoms with E-state index in [0.29, 0.717) is 30.0 Å². The van der Waals surface area contributed by atoms with Crippen molar-refractivity contribution in [3.05, 3.63) is 54.1 Å². The van der Waals surface area contributed by atoms with E-state index >= 15 is 0 Å². The molecule has 1 unspecified atom stereocenters. The summed E-state index contributed by atoms with van der Waals surface area (Å²) >= 11 is 0. The highest BCUT2D eigenvalue weighted by atomic mass is 16.5. The fourth-order valence-corrected chi connectivity index (χ4v) is 3.17. The predicted molar refractivity (Wildman–Crippen MR) is 106 cm³/mol. The van der Waals surface area contributed by atoms with Gasteiger partial charge in [0, 0.05) is 23.5 Å². The molecule has 0 bridgehead atoms. The van der Waals surface area contributed by atoms with Gasteiger partial charge in [0.2, 0.25) is 0 Å². The number of ether oxygens (including phenoxy) is 1. The first-order valence-corrected chi connectivity index (χ1v) is 8.90. The molecule has 0 aliphatic carbocycles. The maximum Gasteiger partial charge on any atom is 0.326 e. The van der Waals surface area contributed by atoms with Crippen molar-refractivity contribution in [3.8, 4) is 5.75 Å². The number of carboxylic acid groups (broad SMARTS) is 1. The summed E-state index contributed by atoms with van der Waals surface area (Å²) in [6.45, 7) is 0.520. The maximum absolute atomic E-state index is 12.1. The van der Waals surface area contributed by atoms with E-state index in [2.05, 4.69) is 5.32 Å². The number of aliphatic carboxylic acids is 1. The van der Waals surface area contributed by atoms with Crippen molar-refractivity contribution in [1.82, 2.24) is 0 Å². The van der Waals surface area contributed by atoms with Gasteiger partial charge < -0.3 is 25.8 Å². The average Bonchev–Trinajstić information content (AvgIpc) is 3.17. The molecule has 2 aromatic carbocycles. The van der Waals surface area contributed by atoms with E-state index < -0.39 is 12.0 Å². The standard InChI is InChI=1S/C20H22N4O4/c21-19(22)13-3-1-4-16(11-13)28-12-18(25)23-14-6-8-15(9-7-14)24-10-2-5-17(24)20(26)27/h1,3-4,6-9,11,17H,2,5,10,12H2,(H3,21,22)(H,23,25)(H,26,27). The predicted octanol–water partition coefficient (Wildman–Crippen LogP) is 2.04. The monoisotopic (exact) mass is 382 g/mol. The van der Waals surface area contributed by atoms with Crippen molar-refractivity contribution in [3.63, 3.8) is 0 Å². The molecule has 0 saturated carbocycles. The average molecular weight is 382 g/mol. The van der Waals surface area contributed by atoms with Crippen LogP contribution in [-0.2, 0) is 9.59 Å². The SMILES string of the molecule is N=C(N)c1cccc(OCC(=O)Nc2ccc(N3CCCC3C(=O)O)cc2)c1. The second-order valence-corrected chi connectivity index (χ2v) is 6.51. The van der Waals surface area contributed by atoms with Gasteiger partial charge in [-0.25, -0.2) is 4.79 Å². The molecule has 0 radical (unpaired) electrons. The number of carboxylic acids is 1. The number of nitrogens with zero attached hydrogens (tertiary/aromatic N) is 1. The molecule has 1 fully saturated rings. The van der Waals surface area contributed by atoms with Crippen LogP contribution in [0.3, 0.4) is 0 Å². The van der Waals surface area contributed by atoms with Crippen LogP contribution >= 0.6 is 0 Å². The first-order chi connectivity index (χ1) is 13.4. The molecule has 0 spiro atoms. The molecule has 1 aliphatic rings. The number of hydrogen-bond donors (Lipinski definition) is 4. The Morgan fingerprint density at radius 3 is 2.68 bits per heavy atom. The molecule has 5 N–H and O–H groups in total. The number of benzene rings is 2. The molecule has 1 amide bonds. The van der Waals surface area contributed by atoms with Gasteiger partial charge in [-0.15, -0.1) is 0 Å². The third-order valence-corrected chi connectivity index (χ3v) is 4.54. The third kappa shape index (κ3) is 4.59. The minimum Gasteiger partial charge on any atom is -0.484 e. The molecular weight excluding hydrogens is 360 g/mol. The van der Waals surface area contributed by atoms with Crippen LogP contribution in [-0.4, -0.2) is 42.0 Å². The lowest BCUT2D eigenvalue weighted by atomic mass is 10.2. The number of nitrogens with one attached hydrogen (secondary N) is 2. The van der Waals surface area contributed by atoms with Gasteiger partial charge in [0.25, 0.3) is 5.91 Å². The van der Waals surface area contributed by atoms with Gasteiger partial charge in [0.1, 0.15) is 17.6 Å². The molecule has 1 heterocycles. The van der Waals surface area contributed by atoms with E-state index in [1.165, 1.54) is 0 Å². The van der Waals surface area contributed by atoms with E-state index in [4.69, 9.17) is 15.9 Å². The van der Waals surface area contributed by atoms with Gasteiger partial charge in [-0.1, -0.05) is 12.1 Å². The Hall–Kier alpha value is -3.55. The summed E-state index contributed by atoms with van der Waals surface area (Å²) in [6, 6.07) is 13.2. The van der Waals surface area contributed by atoms with Crippen molar-refractivity contribution >= 4 is 29.1 Å². The summed E-state index contributed by atoms with van der Waals surface area (Å²) < 4.78 is 5.44. The van der Waals surface area contributed by atoms with E-state index in [9.17, 15) is 14.7 Å². The second-order valence-electron chi connectivity index (χ2n) is 6.51. The summed E-state index contributed by atoms with van der Waals surface area (Å²) in [4.78, 5) is 25.3. The van der Waals surface area contributed by atoms with Crippen LogP contribution < -0.4 is 20.7 Å². The van der Waals surface area contributed by atoms with E-state index in [1.807, 2.05) is 4.90 Å². The van der Waals surface area contributed by atoms with Gasteiger partial charge >= 0.3 is 5.97 Å². The third-order valence-electron chi connectivity index (χ3n) is 4.54. The Morgan fingerprint density at radius 2 is 2.00 bits per heavy atom. The molecule has 0 aromatic heterocycles. The van der Waals surface area contributed by atoms with Gasteiger partial charge in [-0.3, -0.25) is 10.2 Å². The van der Waals surface area contributed by atoms with Crippen LogP contribution in [0.1, 0.15) is 18.4 Å². The molecular formula is C20H22N4O4. The minimum atomic E-state index is -0.819. The van der Waals surface area contributed by atoms with Crippen LogP contribution in [0, 0.1) is 5.41 Å². The second kappa shape index (κ2) is 8.43. The molecule has 8 nitrogen and oxygen atoms in total. The Kier molecular flexibility index (Phi) is 5.78.